The lowest BCUT2D eigenvalue weighted by molar-refractivity contribution is 0.0525. The molecule has 0 amide bonds. The Hall–Kier alpha value is -1.53. The number of benzene rings is 1. The molecule has 0 radical (unpaired) electrons. The second-order valence-corrected chi connectivity index (χ2v) is 3.37. The van der Waals surface area contributed by atoms with Crippen LogP contribution in [0.5, 0.6) is 0 Å². The van der Waals surface area contributed by atoms with Crippen molar-refractivity contribution < 1.29 is 9.53 Å². The third kappa shape index (κ3) is 2.48. The van der Waals surface area contributed by atoms with Gasteiger partial charge in [-0.2, -0.15) is 5.26 Å². The quantitative estimate of drug-likeness (QED) is 0.725. The molecule has 0 saturated carbocycles. The Morgan fingerprint density at radius 3 is 2.80 bits per heavy atom. The van der Waals surface area contributed by atoms with Gasteiger partial charge in [0.25, 0.3) is 0 Å². The fourth-order valence-electron chi connectivity index (χ4n) is 1.16. The normalized spacial score (nSPS) is 9.47. The minimum Gasteiger partial charge on any atom is -0.462 e. The van der Waals surface area contributed by atoms with Crippen molar-refractivity contribution in [3.63, 3.8) is 0 Å². The van der Waals surface area contributed by atoms with Crippen LogP contribution in [0.25, 0.3) is 0 Å². The summed E-state index contributed by atoms with van der Waals surface area (Å²) in [5.41, 5.74) is 1.34. The average molecular weight is 224 g/mol. The van der Waals surface area contributed by atoms with Gasteiger partial charge in [0.05, 0.1) is 23.8 Å². The fourth-order valence-corrected chi connectivity index (χ4v) is 1.38. The van der Waals surface area contributed by atoms with Gasteiger partial charge in [-0.1, -0.05) is 11.6 Å². The SMILES string of the molecule is CCOC(=O)c1cc(C#N)cc(Cl)c1C. The van der Waals surface area contributed by atoms with Crippen LogP contribution in [-0.2, 0) is 4.74 Å². The molecule has 4 heteroatoms. The summed E-state index contributed by atoms with van der Waals surface area (Å²) < 4.78 is 4.86. The van der Waals surface area contributed by atoms with Gasteiger partial charge in [-0.25, -0.2) is 4.79 Å². The molecule has 1 rings (SSSR count). The van der Waals surface area contributed by atoms with Crippen LogP contribution in [0.3, 0.4) is 0 Å². The van der Waals surface area contributed by atoms with Crippen LogP contribution in [0.2, 0.25) is 5.02 Å². The molecule has 0 fully saturated rings. The summed E-state index contributed by atoms with van der Waals surface area (Å²) in [6.07, 6.45) is 0. The predicted octanol–water partition coefficient (Wildman–Crippen LogP) is 2.70. The molecule has 0 aliphatic rings. The van der Waals surface area contributed by atoms with Crippen LogP contribution in [-0.4, -0.2) is 12.6 Å². The molecule has 0 aliphatic heterocycles. The summed E-state index contributed by atoms with van der Waals surface area (Å²) in [7, 11) is 0. The number of rotatable bonds is 2. The van der Waals surface area contributed by atoms with E-state index >= 15 is 0 Å². The van der Waals surface area contributed by atoms with Gasteiger partial charge in [0, 0.05) is 5.02 Å². The molecule has 0 aliphatic carbocycles. The van der Waals surface area contributed by atoms with Crippen molar-refractivity contribution in [1.82, 2.24) is 0 Å². The number of halogens is 1. The summed E-state index contributed by atoms with van der Waals surface area (Å²) in [5.74, 6) is -0.450. The zero-order chi connectivity index (χ0) is 11.4. The number of carbonyl (C=O) groups is 1. The van der Waals surface area contributed by atoms with Gasteiger partial charge < -0.3 is 4.74 Å². The van der Waals surface area contributed by atoms with Crippen molar-refractivity contribution >= 4 is 17.6 Å². The largest absolute Gasteiger partial charge is 0.462 e. The van der Waals surface area contributed by atoms with Gasteiger partial charge in [-0.15, -0.1) is 0 Å². The molecule has 0 N–H and O–H groups in total. The Morgan fingerprint density at radius 2 is 2.27 bits per heavy atom. The number of carbonyl (C=O) groups excluding carboxylic acids is 1. The molecular weight excluding hydrogens is 214 g/mol. The maximum Gasteiger partial charge on any atom is 0.338 e. The number of nitrogens with zero attached hydrogens (tertiary/aromatic N) is 1. The molecule has 0 spiro atoms. The Balaban J connectivity index is 3.23. The van der Waals surface area contributed by atoms with Crippen LogP contribution in [0.1, 0.15) is 28.4 Å². The van der Waals surface area contributed by atoms with Crippen molar-refractivity contribution in [3.8, 4) is 6.07 Å². The number of hydrogen-bond acceptors (Lipinski definition) is 3. The lowest BCUT2D eigenvalue weighted by Gasteiger charge is -2.07. The summed E-state index contributed by atoms with van der Waals surface area (Å²) in [5, 5.41) is 9.13. The molecule has 1 aromatic carbocycles. The van der Waals surface area contributed by atoms with Gasteiger partial charge in [0.1, 0.15) is 0 Å². The maximum atomic E-state index is 11.5. The third-order valence-corrected chi connectivity index (χ3v) is 2.36. The van der Waals surface area contributed by atoms with Crippen LogP contribution in [0, 0.1) is 18.3 Å². The highest BCUT2D eigenvalue weighted by Crippen LogP contribution is 2.22. The number of hydrogen-bond donors (Lipinski definition) is 0. The second-order valence-electron chi connectivity index (χ2n) is 2.96. The highest BCUT2D eigenvalue weighted by atomic mass is 35.5. The molecular formula is C11H10ClNO2. The minimum atomic E-state index is -0.450. The number of nitriles is 1. The maximum absolute atomic E-state index is 11.5. The smallest absolute Gasteiger partial charge is 0.338 e. The zero-order valence-electron chi connectivity index (χ0n) is 8.50. The molecule has 0 bridgehead atoms. The zero-order valence-corrected chi connectivity index (χ0v) is 9.26. The second kappa shape index (κ2) is 4.81. The molecule has 1 aromatic rings. The lowest BCUT2D eigenvalue weighted by Crippen LogP contribution is -2.07. The molecule has 3 nitrogen and oxygen atoms in total. The van der Waals surface area contributed by atoms with E-state index in [4.69, 9.17) is 21.6 Å². The first-order valence-electron chi connectivity index (χ1n) is 4.47. The van der Waals surface area contributed by atoms with Crippen molar-refractivity contribution in [2.45, 2.75) is 13.8 Å². The summed E-state index contributed by atoms with van der Waals surface area (Å²) in [4.78, 5) is 11.5. The molecule has 0 aromatic heterocycles. The van der Waals surface area contributed by atoms with Gasteiger partial charge in [-0.05, 0) is 31.5 Å². The number of ether oxygens (including phenoxy) is 1. The topological polar surface area (TPSA) is 50.1 Å². The first-order chi connectivity index (χ1) is 7.10. The monoisotopic (exact) mass is 223 g/mol. The summed E-state index contributed by atoms with van der Waals surface area (Å²) in [6.45, 7) is 3.74. The van der Waals surface area contributed by atoms with Crippen molar-refractivity contribution in [2.75, 3.05) is 6.61 Å². The predicted molar refractivity (Wildman–Crippen MR) is 56.9 cm³/mol. The van der Waals surface area contributed by atoms with Crippen LogP contribution in [0.4, 0.5) is 0 Å². The van der Waals surface area contributed by atoms with Gasteiger partial charge >= 0.3 is 5.97 Å². The molecule has 78 valence electrons. The fraction of sp³-hybridized carbons (Fsp3) is 0.273. The molecule has 0 atom stereocenters. The van der Waals surface area contributed by atoms with Gasteiger partial charge in [-0.3, -0.25) is 0 Å². The van der Waals surface area contributed by atoms with E-state index in [1.165, 1.54) is 12.1 Å². The van der Waals surface area contributed by atoms with Crippen molar-refractivity contribution in [1.29, 1.82) is 5.26 Å². The standard InChI is InChI=1S/C11H10ClNO2/c1-3-15-11(14)9-4-8(6-13)5-10(12)7(9)2/h4-5H,3H2,1-2H3. The van der Waals surface area contributed by atoms with Crippen molar-refractivity contribution in [3.05, 3.63) is 33.8 Å². The van der Waals surface area contributed by atoms with Gasteiger partial charge in [0.15, 0.2) is 0 Å². The van der Waals surface area contributed by atoms with Crippen LogP contribution < -0.4 is 0 Å². The first-order valence-corrected chi connectivity index (χ1v) is 4.85. The van der Waals surface area contributed by atoms with E-state index < -0.39 is 5.97 Å². The van der Waals surface area contributed by atoms with E-state index in [-0.39, 0.29) is 0 Å². The average Bonchev–Trinajstić information content (AvgIpc) is 2.22. The van der Waals surface area contributed by atoms with E-state index in [9.17, 15) is 4.79 Å². The van der Waals surface area contributed by atoms with E-state index in [1.807, 2.05) is 6.07 Å². The number of esters is 1. The van der Waals surface area contributed by atoms with Crippen LogP contribution in [0.15, 0.2) is 12.1 Å². The highest BCUT2D eigenvalue weighted by molar-refractivity contribution is 6.32. The van der Waals surface area contributed by atoms with E-state index in [2.05, 4.69) is 0 Å². The van der Waals surface area contributed by atoms with Crippen molar-refractivity contribution in [2.24, 2.45) is 0 Å². The Kier molecular flexibility index (Phi) is 3.70. The Bertz CT molecular complexity index is 435. The highest BCUT2D eigenvalue weighted by Gasteiger charge is 2.13. The molecule has 0 saturated heterocycles. The molecule has 0 heterocycles. The Labute approximate surface area is 93.2 Å². The minimum absolute atomic E-state index is 0.298. The summed E-state index contributed by atoms with van der Waals surface area (Å²) >= 11 is 5.88. The molecule has 0 unspecified atom stereocenters. The van der Waals surface area contributed by atoms with E-state index in [1.54, 1.807) is 13.8 Å². The summed E-state index contributed by atoms with van der Waals surface area (Å²) in [6, 6.07) is 4.95. The first kappa shape index (κ1) is 11.5. The Morgan fingerprint density at radius 1 is 1.60 bits per heavy atom. The van der Waals surface area contributed by atoms with E-state index in [0.717, 1.165) is 0 Å². The van der Waals surface area contributed by atoms with Crippen LogP contribution >= 0.6 is 11.6 Å². The molecule has 15 heavy (non-hydrogen) atoms. The third-order valence-electron chi connectivity index (χ3n) is 1.97. The van der Waals surface area contributed by atoms with Gasteiger partial charge in [0.2, 0.25) is 0 Å². The van der Waals surface area contributed by atoms with E-state index in [0.29, 0.717) is 28.3 Å². The lowest BCUT2D eigenvalue weighted by atomic mass is 10.1.